The molecule has 0 unspecified atom stereocenters. The molecule has 6 nitrogen and oxygen atoms in total. The average molecular weight is 317 g/mol. The summed E-state index contributed by atoms with van der Waals surface area (Å²) in [6.45, 7) is 1.72. The highest BCUT2D eigenvalue weighted by Gasteiger charge is 2.51. The van der Waals surface area contributed by atoms with Crippen LogP contribution in [-0.4, -0.2) is 17.0 Å². The van der Waals surface area contributed by atoms with Crippen LogP contribution < -0.4 is 10.9 Å². The van der Waals surface area contributed by atoms with Crippen LogP contribution in [0.4, 0.5) is 0 Å². The first-order valence-electron chi connectivity index (χ1n) is 8.54. The first-order valence-corrected chi connectivity index (χ1v) is 8.54. The maximum atomic E-state index is 12.3. The number of aromatic nitrogens is 1. The van der Waals surface area contributed by atoms with Gasteiger partial charge in [-0.25, -0.2) is 0 Å². The summed E-state index contributed by atoms with van der Waals surface area (Å²) < 4.78 is 4.86. The quantitative estimate of drug-likeness (QED) is 0.838. The maximum Gasteiger partial charge on any atom is 0.291 e. The second-order valence-corrected chi connectivity index (χ2v) is 7.92. The van der Waals surface area contributed by atoms with E-state index in [-0.39, 0.29) is 17.0 Å². The molecule has 23 heavy (non-hydrogen) atoms. The number of hydrogen-bond acceptors (Lipinski definition) is 4. The summed E-state index contributed by atoms with van der Waals surface area (Å²) >= 11 is 0. The molecule has 0 saturated heterocycles. The minimum atomic E-state index is -0.444. The Morgan fingerprint density at radius 3 is 2.30 bits per heavy atom. The standard InChI is InChI=1S/C17H23N3O3/c1-10-2-14(20-23-10)16(22)19-18-15(21)9-17-6-11-3-12(7-17)5-13(4-11)8-17/h2,11-13H,3-9H2,1H3,(H,18,21)(H,19,22). The molecule has 6 heteroatoms. The third-order valence-corrected chi connectivity index (χ3v) is 5.88. The van der Waals surface area contributed by atoms with Crippen LogP contribution in [0.3, 0.4) is 0 Å². The Labute approximate surface area is 135 Å². The average Bonchev–Trinajstić information content (AvgIpc) is 2.89. The Hall–Kier alpha value is -1.85. The van der Waals surface area contributed by atoms with Crippen LogP contribution >= 0.6 is 0 Å². The van der Waals surface area contributed by atoms with Gasteiger partial charge in [-0.2, -0.15) is 0 Å². The Bertz CT molecular complexity index is 601. The molecule has 4 aliphatic carbocycles. The van der Waals surface area contributed by atoms with Gasteiger partial charge in [-0.3, -0.25) is 20.4 Å². The number of nitrogens with one attached hydrogen (secondary N) is 2. The van der Waals surface area contributed by atoms with Gasteiger partial charge in [0.05, 0.1) is 0 Å². The van der Waals surface area contributed by atoms with Crippen molar-refractivity contribution in [2.75, 3.05) is 0 Å². The number of carbonyl (C=O) groups excluding carboxylic acids is 2. The summed E-state index contributed by atoms with van der Waals surface area (Å²) in [6.07, 6.45) is 8.17. The molecule has 0 aromatic carbocycles. The normalized spacial score (nSPS) is 34.4. The molecule has 0 radical (unpaired) electrons. The third-order valence-electron chi connectivity index (χ3n) is 5.88. The van der Waals surface area contributed by atoms with E-state index in [4.69, 9.17) is 4.52 Å². The first kappa shape index (κ1) is 14.7. The number of rotatable bonds is 3. The van der Waals surface area contributed by atoms with Crippen LogP contribution in [0.2, 0.25) is 0 Å². The van der Waals surface area contributed by atoms with E-state index in [2.05, 4.69) is 16.0 Å². The molecule has 4 saturated carbocycles. The zero-order valence-corrected chi connectivity index (χ0v) is 13.4. The van der Waals surface area contributed by atoms with Crippen LogP contribution in [0.15, 0.2) is 10.6 Å². The van der Waals surface area contributed by atoms with Gasteiger partial charge in [-0.1, -0.05) is 5.16 Å². The molecule has 0 spiro atoms. The van der Waals surface area contributed by atoms with Gasteiger partial charge < -0.3 is 4.52 Å². The van der Waals surface area contributed by atoms with Crippen molar-refractivity contribution in [1.82, 2.24) is 16.0 Å². The highest BCUT2D eigenvalue weighted by atomic mass is 16.5. The smallest absolute Gasteiger partial charge is 0.291 e. The number of carbonyl (C=O) groups is 2. The summed E-state index contributed by atoms with van der Waals surface area (Å²) in [6, 6.07) is 1.54. The van der Waals surface area contributed by atoms with Crippen molar-refractivity contribution >= 4 is 11.8 Å². The largest absolute Gasteiger partial charge is 0.361 e. The topological polar surface area (TPSA) is 84.2 Å². The van der Waals surface area contributed by atoms with Gasteiger partial charge in [0.1, 0.15) is 5.76 Å². The number of hydrogen-bond donors (Lipinski definition) is 2. The van der Waals surface area contributed by atoms with Crippen molar-refractivity contribution in [3.63, 3.8) is 0 Å². The predicted molar refractivity (Wildman–Crippen MR) is 82.1 cm³/mol. The Morgan fingerprint density at radius 1 is 1.17 bits per heavy atom. The van der Waals surface area contributed by atoms with E-state index in [0.717, 1.165) is 17.8 Å². The lowest BCUT2D eigenvalue weighted by Gasteiger charge is -2.56. The van der Waals surface area contributed by atoms with E-state index >= 15 is 0 Å². The molecule has 4 aliphatic rings. The first-order chi connectivity index (χ1) is 11.0. The highest BCUT2D eigenvalue weighted by Crippen LogP contribution is 2.61. The molecule has 1 aromatic heterocycles. The molecule has 4 bridgehead atoms. The van der Waals surface area contributed by atoms with Crippen LogP contribution in [-0.2, 0) is 4.79 Å². The molecule has 4 fully saturated rings. The molecule has 124 valence electrons. The van der Waals surface area contributed by atoms with Crippen molar-refractivity contribution in [2.24, 2.45) is 23.2 Å². The zero-order valence-electron chi connectivity index (χ0n) is 13.4. The fourth-order valence-electron chi connectivity index (χ4n) is 5.56. The minimum Gasteiger partial charge on any atom is -0.361 e. The predicted octanol–water partition coefficient (Wildman–Crippen LogP) is 2.35. The fraction of sp³-hybridized carbons (Fsp3) is 0.706. The van der Waals surface area contributed by atoms with Crippen LogP contribution in [0, 0.1) is 30.1 Å². The maximum absolute atomic E-state index is 12.3. The molecular weight excluding hydrogens is 294 g/mol. The van der Waals surface area contributed by atoms with E-state index < -0.39 is 5.91 Å². The van der Waals surface area contributed by atoms with E-state index in [1.54, 1.807) is 13.0 Å². The molecule has 1 aromatic rings. The zero-order chi connectivity index (χ0) is 16.0. The summed E-state index contributed by atoms with van der Waals surface area (Å²) in [4.78, 5) is 24.2. The van der Waals surface area contributed by atoms with Crippen LogP contribution in [0.5, 0.6) is 0 Å². The number of amides is 2. The van der Waals surface area contributed by atoms with E-state index in [1.165, 1.54) is 38.5 Å². The summed E-state index contributed by atoms with van der Waals surface area (Å²) in [7, 11) is 0. The van der Waals surface area contributed by atoms with E-state index in [9.17, 15) is 9.59 Å². The monoisotopic (exact) mass is 317 g/mol. The van der Waals surface area contributed by atoms with Crippen molar-refractivity contribution < 1.29 is 14.1 Å². The van der Waals surface area contributed by atoms with Gasteiger partial charge in [-0.05, 0) is 68.6 Å². The summed E-state index contributed by atoms with van der Waals surface area (Å²) in [5, 5.41) is 3.64. The highest BCUT2D eigenvalue weighted by molar-refractivity contribution is 5.93. The molecule has 1 heterocycles. The van der Waals surface area contributed by atoms with Crippen molar-refractivity contribution in [3.8, 4) is 0 Å². The minimum absolute atomic E-state index is 0.0967. The molecule has 0 aliphatic heterocycles. The number of aryl methyl sites for hydroxylation is 1. The lowest BCUT2D eigenvalue weighted by Crippen LogP contribution is -2.50. The number of nitrogens with zero attached hydrogens (tertiary/aromatic N) is 1. The molecule has 0 atom stereocenters. The Morgan fingerprint density at radius 2 is 1.78 bits per heavy atom. The van der Waals surface area contributed by atoms with Crippen LogP contribution in [0.1, 0.15) is 61.2 Å². The lowest BCUT2D eigenvalue weighted by atomic mass is 9.49. The van der Waals surface area contributed by atoms with Gasteiger partial charge >= 0.3 is 0 Å². The fourth-order valence-corrected chi connectivity index (χ4v) is 5.56. The second-order valence-electron chi connectivity index (χ2n) is 7.92. The molecule has 5 rings (SSSR count). The van der Waals surface area contributed by atoms with Crippen molar-refractivity contribution in [1.29, 1.82) is 0 Å². The van der Waals surface area contributed by atoms with E-state index in [1.807, 2.05) is 0 Å². The van der Waals surface area contributed by atoms with Gasteiger partial charge in [-0.15, -0.1) is 0 Å². The summed E-state index contributed by atoms with van der Waals surface area (Å²) in [5.41, 5.74) is 5.33. The molecule has 2 amide bonds. The van der Waals surface area contributed by atoms with Gasteiger partial charge in [0, 0.05) is 12.5 Å². The van der Waals surface area contributed by atoms with Crippen molar-refractivity contribution in [3.05, 3.63) is 17.5 Å². The molecule has 2 N–H and O–H groups in total. The van der Waals surface area contributed by atoms with Crippen LogP contribution in [0.25, 0.3) is 0 Å². The van der Waals surface area contributed by atoms with Gasteiger partial charge in [0.15, 0.2) is 5.69 Å². The van der Waals surface area contributed by atoms with Crippen molar-refractivity contribution in [2.45, 2.75) is 51.9 Å². The third kappa shape index (κ3) is 2.86. The lowest BCUT2D eigenvalue weighted by molar-refractivity contribution is -0.130. The Balaban J connectivity index is 1.33. The van der Waals surface area contributed by atoms with Gasteiger partial charge in [0.2, 0.25) is 5.91 Å². The Kier molecular flexibility index (Phi) is 3.43. The SMILES string of the molecule is Cc1cc(C(=O)NNC(=O)CC23CC4CC(CC(C4)C2)C3)no1. The summed E-state index contributed by atoms with van der Waals surface area (Å²) in [5.74, 6) is 2.49. The second kappa shape index (κ2) is 5.35. The van der Waals surface area contributed by atoms with E-state index in [0.29, 0.717) is 12.2 Å². The van der Waals surface area contributed by atoms with Gasteiger partial charge in [0.25, 0.3) is 5.91 Å². The molecular formula is C17H23N3O3. The number of hydrazine groups is 1.